The molecule has 8 nitrogen and oxygen atoms in total. The van der Waals surface area contributed by atoms with Crippen molar-refractivity contribution in [1.82, 2.24) is 0 Å². The lowest BCUT2D eigenvalue weighted by molar-refractivity contribution is 0.100. The molecule has 0 aliphatic heterocycles. The summed E-state index contributed by atoms with van der Waals surface area (Å²) in [5.74, 6) is 2.88. The van der Waals surface area contributed by atoms with Gasteiger partial charge in [0.2, 0.25) is 0 Å². The van der Waals surface area contributed by atoms with Crippen molar-refractivity contribution in [2.45, 2.75) is 37.7 Å². The van der Waals surface area contributed by atoms with Gasteiger partial charge >= 0.3 is 0 Å². The fourth-order valence-corrected chi connectivity index (χ4v) is 4.82. The minimum atomic E-state index is -0.108. The second-order valence-corrected chi connectivity index (χ2v) is 11.2. The number of aliphatic hydroxyl groups excluding tert-OH is 2. The molecule has 10 heteroatoms. The quantitative estimate of drug-likeness (QED) is 0.0689. The summed E-state index contributed by atoms with van der Waals surface area (Å²) in [6.45, 7) is 4.43. The van der Waals surface area contributed by atoms with Crippen LogP contribution in [0.5, 0.6) is 23.0 Å². The van der Waals surface area contributed by atoms with Crippen LogP contribution in [0.25, 0.3) is 0 Å². The molecular formula is C36H38Br2O8. The van der Waals surface area contributed by atoms with Gasteiger partial charge in [-0.25, -0.2) is 0 Å². The monoisotopic (exact) mass is 756 g/mol. The molecule has 0 aliphatic rings. The number of hydrogen-bond acceptors (Lipinski definition) is 8. The van der Waals surface area contributed by atoms with E-state index in [1.165, 1.54) is 18.1 Å². The second-order valence-electron chi connectivity index (χ2n) is 10.1. The third-order valence-electron chi connectivity index (χ3n) is 6.49. The highest BCUT2D eigenvalue weighted by Gasteiger charge is 2.05. The van der Waals surface area contributed by atoms with Gasteiger partial charge in [0, 0.05) is 21.8 Å². The highest BCUT2D eigenvalue weighted by Crippen LogP contribution is 2.22. The van der Waals surface area contributed by atoms with E-state index in [1.54, 1.807) is 73.7 Å². The van der Waals surface area contributed by atoms with Crippen LogP contribution >= 0.6 is 31.9 Å². The fourth-order valence-electron chi connectivity index (χ4n) is 4.17. The van der Waals surface area contributed by atoms with Crippen molar-refractivity contribution in [2.24, 2.45) is 0 Å². The number of aliphatic hydroxyl groups is 2. The lowest BCUT2D eigenvalue weighted by Crippen LogP contribution is -2.09. The predicted octanol–water partition coefficient (Wildman–Crippen LogP) is 7.47. The number of carbonyl (C=O) groups excluding carboxylic acids is 2. The SMILES string of the molecule is CC(=O)c1ccc(OCCOc2cc(CBr)cc(CBr)c2)cc1.CC(=O)c1ccc(OCCOc2cc(CO)cc(CO)c2)cc1. The van der Waals surface area contributed by atoms with Gasteiger partial charge in [-0.2, -0.15) is 0 Å². The summed E-state index contributed by atoms with van der Waals surface area (Å²) in [7, 11) is 0. The molecular weight excluding hydrogens is 720 g/mol. The molecule has 0 bridgehead atoms. The minimum absolute atomic E-state index is 0.0170. The first-order valence-corrected chi connectivity index (χ1v) is 16.8. The van der Waals surface area contributed by atoms with E-state index in [-0.39, 0.29) is 24.8 Å². The molecule has 0 atom stereocenters. The molecule has 46 heavy (non-hydrogen) atoms. The third kappa shape index (κ3) is 12.6. The molecule has 244 valence electrons. The van der Waals surface area contributed by atoms with Crippen molar-refractivity contribution >= 4 is 43.4 Å². The summed E-state index contributed by atoms with van der Waals surface area (Å²) in [4.78, 5) is 22.4. The molecule has 4 aromatic rings. The standard InChI is InChI=1S/C18H18Br2O3.C18H20O5/c2*1-13(21)16-2-4-17(5-3-16)22-6-7-23-18-9-14(11-19)8-15(10-18)12-20/h2-5,8-10H,6-7,11-12H2,1H3;2-5,8-10,19-20H,6-7,11-12H2,1H3. The fraction of sp³-hybridized carbons (Fsp3) is 0.278. The molecule has 0 aliphatic carbocycles. The van der Waals surface area contributed by atoms with Gasteiger partial charge in [0.05, 0.1) is 13.2 Å². The summed E-state index contributed by atoms with van der Waals surface area (Å²) in [5, 5.41) is 19.9. The third-order valence-corrected chi connectivity index (χ3v) is 7.78. The average Bonchev–Trinajstić information content (AvgIpc) is 3.08. The summed E-state index contributed by atoms with van der Waals surface area (Å²) in [6.07, 6.45) is 0. The van der Waals surface area contributed by atoms with Gasteiger partial charge in [-0.3, -0.25) is 9.59 Å². The predicted molar refractivity (Wildman–Crippen MR) is 185 cm³/mol. The Morgan fingerprint density at radius 1 is 0.500 bits per heavy atom. The molecule has 4 aromatic carbocycles. The largest absolute Gasteiger partial charge is 0.490 e. The molecule has 0 unspecified atom stereocenters. The van der Waals surface area contributed by atoms with Crippen molar-refractivity contribution in [3.8, 4) is 23.0 Å². The van der Waals surface area contributed by atoms with E-state index in [9.17, 15) is 19.8 Å². The van der Waals surface area contributed by atoms with Gasteiger partial charge in [0.25, 0.3) is 0 Å². The van der Waals surface area contributed by atoms with Gasteiger partial charge in [-0.1, -0.05) is 44.0 Å². The lowest BCUT2D eigenvalue weighted by Gasteiger charge is -2.11. The Hall–Kier alpha value is -3.70. The number of rotatable bonds is 16. The molecule has 0 aromatic heterocycles. The first-order chi connectivity index (χ1) is 22.2. The summed E-state index contributed by atoms with van der Waals surface area (Å²) in [5.41, 5.74) is 5.06. The van der Waals surface area contributed by atoms with Crippen molar-refractivity contribution < 1.29 is 38.7 Å². The van der Waals surface area contributed by atoms with Crippen molar-refractivity contribution in [1.29, 1.82) is 0 Å². The Morgan fingerprint density at radius 2 is 0.804 bits per heavy atom. The van der Waals surface area contributed by atoms with Gasteiger partial charge < -0.3 is 29.2 Å². The number of alkyl halides is 2. The van der Waals surface area contributed by atoms with E-state index in [4.69, 9.17) is 18.9 Å². The number of carbonyl (C=O) groups is 2. The van der Waals surface area contributed by atoms with Crippen molar-refractivity contribution in [3.63, 3.8) is 0 Å². The highest BCUT2D eigenvalue weighted by atomic mass is 79.9. The smallest absolute Gasteiger partial charge is 0.159 e. The van der Waals surface area contributed by atoms with Crippen LogP contribution < -0.4 is 18.9 Å². The maximum absolute atomic E-state index is 11.2. The number of halogens is 2. The Balaban J connectivity index is 0.000000250. The van der Waals surface area contributed by atoms with E-state index in [0.717, 1.165) is 22.2 Å². The molecule has 0 heterocycles. The Morgan fingerprint density at radius 3 is 1.11 bits per heavy atom. The Bertz CT molecular complexity index is 1380. The van der Waals surface area contributed by atoms with Crippen LogP contribution in [0.3, 0.4) is 0 Å². The molecule has 0 spiro atoms. The number of Topliss-reactive ketones (excluding diaryl/α,β-unsaturated/α-hetero) is 2. The maximum atomic E-state index is 11.2. The zero-order valence-corrected chi connectivity index (χ0v) is 29.0. The van der Waals surface area contributed by atoms with Crippen LogP contribution in [0.2, 0.25) is 0 Å². The lowest BCUT2D eigenvalue weighted by atomic mass is 10.1. The topological polar surface area (TPSA) is 112 Å². The normalized spacial score (nSPS) is 10.4. The number of hydrogen-bond donors (Lipinski definition) is 2. The molecule has 2 N–H and O–H groups in total. The average molecular weight is 758 g/mol. The second kappa shape index (κ2) is 19.7. The zero-order chi connectivity index (χ0) is 33.3. The van der Waals surface area contributed by atoms with Crippen LogP contribution in [0.15, 0.2) is 84.9 Å². The zero-order valence-electron chi connectivity index (χ0n) is 25.8. The summed E-state index contributed by atoms with van der Waals surface area (Å²) < 4.78 is 22.5. The Labute approximate surface area is 286 Å². The molecule has 0 radical (unpaired) electrons. The number of ether oxygens (including phenoxy) is 4. The highest BCUT2D eigenvalue weighted by molar-refractivity contribution is 9.08. The van der Waals surface area contributed by atoms with Crippen LogP contribution in [0.1, 0.15) is 56.8 Å². The van der Waals surface area contributed by atoms with E-state index < -0.39 is 0 Å². The first-order valence-electron chi connectivity index (χ1n) is 14.6. The van der Waals surface area contributed by atoms with Crippen LogP contribution in [0, 0.1) is 0 Å². The molecule has 0 saturated heterocycles. The molecule has 4 rings (SSSR count). The van der Waals surface area contributed by atoms with Crippen LogP contribution in [0.4, 0.5) is 0 Å². The maximum Gasteiger partial charge on any atom is 0.159 e. The molecule has 0 saturated carbocycles. The van der Waals surface area contributed by atoms with E-state index in [1.807, 2.05) is 12.1 Å². The van der Waals surface area contributed by atoms with E-state index in [0.29, 0.717) is 60.2 Å². The van der Waals surface area contributed by atoms with Crippen LogP contribution in [-0.2, 0) is 23.9 Å². The number of ketones is 2. The minimum Gasteiger partial charge on any atom is -0.490 e. The van der Waals surface area contributed by atoms with Crippen LogP contribution in [-0.4, -0.2) is 48.2 Å². The molecule has 0 amide bonds. The number of benzene rings is 4. The van der Waals surface area contributed by atoms with Gasteiger partial charge in [0.1, 0.15) is 49.4 Å². The van der Waals surface area contributed by atoms with Crippen molar-refractivity contribution in [3.05, 3.63) is 118 Å². The van der Waals surface area contributed by atoms with E-state index in [2.05, 4.69) is 37.9 Å². The van der Waals surface area contributed by atoms with Gasteiger partial charge in [0.15, 0.2) is 11.6 Å². The summed E-state index contributed by atoms with van der Waals surface area (Å²) in [6, 6.07) is 25.4. The van der Waals surface area contributed by atoms with Gasteiger partial charge in [-0.15, -0.1) is 0 Å². The van der Waals surface area contributed by atoms with Crippen molar-refractivity contribution in [2.75, 3.05) is 26.4 Å². The summed E-state index contributed by atoms with van der Waals surface area (Å²) >= 11 is 6.93. The van der Waals surface area contributed by atoms with Gasteiger partial charge in [-0.05, 0) is 109 Å². The Kier molecular flexibility index (Phi) is 15.8. The van der Waals surface area contributed by atoms with E-state index >= 15 is 0 Å². The first kappa shape index (κ1) is 36.8. The molecule has 0 fully saturated rings.